The Kier molecular flexibility index (Phi) is 2.99. The zero-order valence-corrected chi connectivity index (χ0v) is 12.1. The molecule has 4 heteroatoms. The molecule has 1 aromatic rings. The van der Waals surface area contributed by atoms with E-state index < -0.39 is 0 Å². The molecule has 3 nitrogen and oxygen atoms in total. The highest BCUT2D eigenvalue weighted by atomic mass is 35.5. The highest BCUT2D eigenvalue weighted by Crippen LogP contribution is 2.58. The summed E-state index contributed by atoms with van der Waals surface area (Å²) in [4.78, 5) is 16.4. The minimum Gasteiger partial charge on any atom is -0.348 e. The predicted molar refractivity (Wildman–Crippen MR) is 77.5 cm³/mol. The second-order valence-corrected chi connectivity index (χ2v) is 7.03. The van der Waals surface area contributed by atoms with Crippen LogP contribution in [0, 0.1) is 23.7 Å². The molecule has 0 saturated heterocycles. The molecule has 3 saturated carbocycles. The predicted octanol–water partition coefficient (Wildman–Crippen LogP) is 3.29. The summed E-state index contributed by atoms with van der Waals surface area (Å²) in [6.07, 6.45) is 8.25. The number of nitrogens with one attached hydrogen (secondary N) is 1. The van der Waals surface area contributed by atoms with E-state index in [0.717, 1.165) is 24.2 Å². The van der Waals surface area contributed by atoms with Gasteiger partial charge in [-0.2, -0.15) is 0 Å². The molecular formula is C16H19ClN2O. The standard InChI is InChI=1S/C16H19ClN2O/c17-10-4-5-18-15(8-10)16(20)19-14-7-9-6-13(14)12-3-1-2-11(9)12/h4-5,8-9,11-14H,1-3,6-7H2,(H,19,20). The van der Waals surface area contributed by atoms with Crippen molar-refractivity contribution in [2.45, 2.75) is 38.1 Å². The third kappa shape index (κ3) is 1.95. The Morgan fingerprint density at radius 3 is 2.95 bits per heavy atom. The summed E-state index contributed by atoms with van der Waals surface area (Å²) in [5.74, 6) is 3.31. The first-order valence-electron chi connectivity index (χ1n) is 7.65. The number of halogens is 1. The zero-order chi connectivity index (χ0) is 13.7. The van der Waals surface area contributed by atoms with Crippen molar-refractivity contribution in [3.05, 3.63) is 29.0 Å². The van der Waals surface area contributed by atoms with Gasteiger partial charge in [0.2, 0.25) is 0 Å². The van der Waals surface area contributed by atoms with Gasteiger partial charge in [0, 0.05) is 17.3 Å². The monoisotopic (exact) mass is 290 g/mol. The van der Waals surface area contributed by atoms with Crippen molar-refractivity contribution in [1.29, 1.82) is 0 Å². The zero-order valence-electron chi connectivity index (χ0n) is 11.4. The summed E-state index contributed by atoms with van der Waals surface area (Å²) in [6.45, 7) is 0. The molecule has 3 aliphatic rings. The van der Waals surface area contributed by atoms with E-state index in [1.165, 1.54) is 25.7 Å². The number of rotatable bonds is 2. The smallest absolute Gasteiger partial charge is 0.270 e. The molecule has 2 bridgehead atoms. The van der Waals surface area contributed by atoms with Crippen LogP contribution in [0.1, 0.15) is 42.6 Å². The maximum atomic E-state index is 12.3. The molecule has 5 unspecified atom stereocenters. The van der Waals surface area contributed by atoms with Gasteiger partial charge in [0.1, 0.15) is 5.69 Å². The molecule has 3 fully saturated rings. The molecule has 0 aliphatic heterocycles. The SMILES string of the molecule is O=C(NC1CC2CC1C1CCCC21)c1cc(Cl)ccn1. The summed E-state index contributed by atoms with van der Waals surface area (Å²) in [6, 6.07) is 3.69. The first-order valence-corrected chi connectivity index (χ1v) is 8.02. The molecule has 0 radical (unpaired) electrons. The van der Waals surface area contributed by atoms with Crippen LogP contribution in [0.3, 0.4) is 0 Å². The van der Waals surface area contributed by atoms with Crippen LogP contribution in [0.2, 0.25) is 5.02 Å². The molecular weight excluding hydrogens is 272 g/mol. The second-order valence-electron chi connectivity index (χ2n) is 6.59. The summed E-state index contributed by atoms with van der Waals surface area (Å²) >= 11 is 5.92. The number of carbonyl (C=O) groups is 1. The summed E-state index contributed by atoms with van der Waals surface area (Å²) < 4.78 is 0. The molecule has 3 aliphatic carbocycles. The number of nitrogens with zero attached hydrogens (tertiary/aromatic N) is 1. The van der Waals surface area contributed by atoms with Crippen molar-refractivity contribution >= 4 is 17.5 Å². The number of aromatic nitrogens is 1. The Labute approximate surface area is 124 Å². The van der Waals surface area contributed by atoms with Gasteiger partial charge in [0.05, 0.1) is 0 Å². The highest BCUT2D eigenvalue weighted by molar-refractivity contribution is 6.30. The summed E-state index contributed by atoms with van der Waals surface area (Å²) in [7, 11) is 0. The average Bonchev–Trinajstić information content (AvgIpc) is 3.10. The fraction of sp³-hybridized carbons (Fsp3) is 0.625. The van der Waals surface area contributed by atoms with Crippen molar-refractivity contribution in [2.24, 2.45) is 23.7 Å². The molecule has 4 rings (SSSR count). The first-order chi connectivity index (χ1) is 9.72. The van der Waals surface area contributed by atoms with Crippen LogP contribution in [0.15, 0.2) is 18.3 Å². The Morgan fingerprint density at radius 1 is 1.25 bits per heavy atom. The minimum absolute atomic E-state index is 0.0698. The number of pyridine rings is 1. The van der Waals surface area contributed by atoms with Crippen LogP contribution in [0.5, 0.6) is 0 Å². The lowest BCUT2D eigenvalue weighted by atomic mass is 9.79. The van der Waals surface area contributed by atoms with Gasteiger partial charge in [-0.15, -0.1) is 0 Å². The topological polar surface area (TPSA) is 42.0 Å². The molecule has 1 aromatic heterocycles. The van der Waals surface area contributed by atoms with E-state index in [9.17, 15) is 4.79 Å². The Bertz CT molecular complexity index is 547. The van der Waals surface area contributed by atoms with Gasteiger partial charge in [-0.3, -0.25) is 9.78 Å². The van der Waals surface area contributed by atoms with E-state index in [2.05, 4.69) is 10.3 Å². The second kappa shape index (κ2) is 4.73. The van der Waals surface area contributed by atoms with E-state index in [1.54, 1.807) is 18.3 Å². The molecule has 20 heavy (non-hydrogen) atoms. The van der Waals surface area contributed by atoms with E-state index in [1.807, 2.05) is 0 Å². The van der Waals surface area contributed by atoms with Crippen LogP contribution in [-0.2, 0) is 0 Å². The van der Waals surface area contributed by atoms with Crippen LogP contribution in [-0.4, -0.2) is 16.9 Å². The van der Waals surface area contributed by atoms with E-state index in [-0.39, 0.29) is 5.91 Å². The largest absolute Gasteiger partial charge is 0.348 e. The van der Waals surface area contributed by atoms with Gasteiger partial charge < -0.3 is 5.32 Å². The van der Waals surface area contributed by atoms with Gasteiger partial charge in [-0.1, -0.05) is 18.0 Å². The van der Waals surface area contributed by atoms with Crippen LogP contribution >= 0.6 is 11.6 Å². The third-order valence-electron chi connectivity index (χ3n) is 5.70. The van der Waals surface area contributed by atoms with Crippen molar-refractivity contribution in [3.63, 3.8) is 0 Å². The lowest BCUT2D eigenvalue weighted by molar-refractivity contribution is 0.0896. The normalized spacial score (nSPS) is 38.0. The summed E-state index contributed by atoms with van der Waals surface area (Å²) in [5, 5.41) is 3.77. The Hall–Kier alpha value is -1.09. The molecule has 1 N–H and O–H groups in total. The van der Waals surface area contributed by atoms with Gasteiger partial charge in [-0.25, -0.2) is 0 Å². The lowest BCUT2D eigenvalue weighted by Crippen LogP contribution is -2.42. The number of hydrogen-bond acceptors (Lipinski definition) is 2. The Balaban J connectivity index is 1.47. The van der Waals surface area contributed by atoms with Crippen molar-refractivity contribution in [1.82, 2.24) is 10.3 Å². The van der Waals surface area contributed by atoms with Crippen molar-refractivity contribution in [3.8, 4) is 0 Å². The van der Waals surface area contributed by atoms with E-state index in [0.29, 0.717) is 22.7 Å². The summed E-state index contributed by atoms with van der Waals surface area (Å²) in [5.41, 5.74) is 0.434. The minimum atomic E-state index is -0.0698. The number of hydrogen-bond donors (Lipinski definition) is 1. The molecule has 5 atom stereocenters. The molecule has 106 valence electrons. The highest BCUT2D eigenvalue weighted by Gasteiger charge is 2.54. The van der Waals surface area contributed by atoms with Gasteiger partial charge in [0.25, 0.3) is 5.91 Å². The van der Waals surface area contributed by atoms with Crippen molar-refractivity contribution < 1.29 is 4.79 Å². The quantitative estimate of drug-likeness (QED) is 0.908. The maximum absolute atomic E-state index is 12.3. The first kappa shape index (κ1) is 12.6. The van der Waals surface area contributed by atoms with Crippen LogP contribution < -0.4 is 5.32 Å². The van der Waals surface area contributed by atoms with E-state index >= 15 is 0 Å². The number of amides is 1. The molecule has 1 amide bonds. The van der Waals surface area contributed by atoms with E-state index in [4.69, 9.17) is 11.6 Å². The molecule has 0 spiro atoms. The number of fused-ring (bicyclic) bond motifs is 5. The average molecular weight is 291 g/mol. The van der Waals surface area contributed by atoms with Gasteiger partial charge in [-0.05, 0) is 61.5 Å². The molecule has 1 heterocycles. The maximum Gasteiger partial charge on any atom is 0.270 e. The third-order valence-corrected chi connectivity index (χ3v) is 5.93. The van der Waals surface area contributed by atoms with Gasteiger partial charge in [0.15, 0.2) is 0 Å². The Morgan fingerprint density at radius 2 is 2.10 bits per heavy atom. The van der Waals surface area contributed by atoms with Gasteiger partial charge >= 0.3 is 0 Å². The fourth-order valence-corrected chi connectivity index (χ4v) is 5.17. The lowest BCUT2D eigenvalue weighted by Gasteiger charge is -2.32. The number of carbonyl (C=O) groups excluding carboxylic acids is 1. The fourth-order valence-electron chi connectivity index (χ4n) is 5.01. The molecule has 0 aromatic carbocycles. The van der Waals surface area contributed by atoms with Crippen LogP contribution in [0.25, 0.3) is 0 Å². The van der Waals surface area contributed by atoms with Crippen molar-refractivity contribution in [2.75, 3.05) is 0 Å². The van der Waals surface area contributed by atoms with Crippen LogP contribution in [0.4, 0.5) is 0 Å².